The number of fused-ring (bicyclic) bond motifs is 3. The van der Waals surface area contributed by atoms with Gasteiger partial charge in [0, 0.05) is 11.3 Å². The van der Waals surface area contributed by atoms with Gasteiger partial charge in [0.1, 0.15) is 10.6 Å². The first-order valence-corrected chi connectivity index (χ1v) is 10.8. The first-order chi connectivity index (χ1) is 12.5. The summed E-state index contributed by atoms with van der Waals surface area (Å²) in [6, 6.07) is 0. The molecule has 2 unspecified atom stereocenters. The summed E-state index contributed by atoms with van der Waals surface area (Å²) < 4.78 is 5.38. The van der Waals surface area contributed by atoms with Crippen molar-refractivity contribution in [3.8, 4) is 0 Å². The van der Waals surface area contributed by atoms with Crippen LogP contribution in [-0.4, -0.2) is 20.1 Å². The SMILES string of the molecule is CCCc1noc(C(C)Sc2nc(N)c3c4c(sc3n2)CC(C)CC4)n1. The molecule has 138 valence electrons. The highest BCUT2D eigenvalue weighted by atomic mass is 32.2. The van der Waals surface area contributed by atoms with Crippen LogP contribution in [0.15, 0.2) is 9.68 Å². The Hall–Kier alpha value is -1.67. The number of rotatable bonds is 5. The van der Waals surface area contributed by atoms with Crippen LogP contribution >= 0.6 is 23.1 Å². The molecule has 3 aromatic rings. The lowest BCUT2D eigenvalue weighted by Crippen LogP contribution is -2.09. The average molecular weight is 390 g/mol. The van der Waals surface area contributed by atoms with Crippen molar-refractivity contribution in [3.63, 3.8) is 0 Å². The summed E-state index contributed by atoms with van der Waals surface area (Å²) in [5.41, 5.74) is 7.68. The van der Waals surface area contributed by atoms with Crippen LogP contribution in [-0.2, 0) is 19.3 Å². The van der Waals surface area contributed by atoms with Crippen LogP contribution in [0.1, 0.15) is 61.0 Å². The van der Waals surface area contributed by atoms with E-state index in [0.717, 1.165) is 47.6 Å². The van der Waals surface area contributed by atoms with Crippen molar-refractivity contribution in [1.29, 1.82) is 0 Å². The topological polar surface area (TPSA) is 90.7 Å². The standard InChI is InChI=1S/C18H23N5OS2/c1-4-5-13-20-16(24-23-13)10(3)25-18-21-15(19)14-11-7-6-9(2)8-12(11)26-17(14)22-18/h9-10H,4-8H2,1-3H3,(H2,19,21,22). The van der Waals surface area contributed by atoms with Gasteiger partial charge in [0.15, 0.2) is 11.0 Å². The third-order valence-electron chi connectivity index (χ3n) is 4.75. The zero-order chi connectivity index (χ0) is 18.3. The monoisotopic (exact) mass is 389 g/mol. The van der Waals surface area contributed by atoms with E-state index in [2.05, 4.69) is 29.0 Å². The molecular weight excluding hydrogens is 366 g/mol. The third kappa shape index (κ3) is 3.32. The molecule has 8 heteroatoms. The number of nitrogen functional groups attached to an aromatic ring is 1. The number of hydrogen-bond donors (Lipinski definition) is 1. The molecule has 0 spiro atoms. The average Bonchev–Trinajstić information content (AvgIpc) is 3.19. The van der Waals surface area contributed by atoms with Crippen molar-refractivity contribution in [2.24, 2.45) is 5.92 Å². The predicted molar refractivity (Wildman–Crippen MR) is 106 cm³/mol. The molecule has 26 heavy (non-hydrogen) atoms. The minimum absolute atomic E-state index is 0.0143. The van der Waals surface area contributed by atoms with E-state index in [1.165, 1.54) is 28.6 Å². The highest BCUT2D eigenvalue weighted by Gasteiger charge is 2.24. The Morgan fingerprint density at radius 1 is 1.35 bits per heavy atom. The van der Waals surface area contributed by atoms with Gasteiger partial charge in [0.2, 0.25) is 5.89 Å². The Morgan fingerprint density at radius 3 is 3.00 bits per heavy atom. The quantitative estimate of drug-likeness (QED) is 0.504. The van der Waals surface area contributed by atoms with Gasteiger partial charge in [-0.3, -0.25) is 0 Å². The number of thiophene rings is 1. The fourth-order valence-electron chi connectivity index (χ4n) is 3.37. The molecule has 3 heterocycles. The van der Waals surface area contributed by atoms with Gasteiger partial charge in [-0.1, -0.05) is 30.8 Å². The molecule has 0 bridgehead atoms. The Bertz CT molecular complexity index is 935. The molecule has 1 aliphatic rings. The van der Waals surface area contributed by atoms with Gasteiger partial charge in [-0.05, 0) is 44.1 Å². The second-order valence-electron chi connectivity index (χ2n) is 6.98. The smallest absolute Gasteiger partial charge is 0.239 e. The molecule has 6 nitrogen and oxygen atoms in total. The molecule has 0 aromatic carbocycles. The van der Waals surface area contributed by atoms with Crippen LogP contribution < -0.4 is 5.73 Å². The van der Waals surface area contributed by atoms with Gasteiger partial charge in [-0.2, -0.15) is 4.98 Å². The van der Waals surface area contributed by atoms with Gasteiger partial charge in [-0.15, -0.1) is 11.3 Å². The molecule has 0 saturated heterocycles. The largest absolute Gasteiger partial charge is 0.383 e. The molecular formula is C18H23N5OS2. The predicted octanol–water partition coefficient (Wildman–Crippen LogP) is 4.59. The lowest BCUT2D eigenvalue weighted by molar-refractivity contribution is 0.374. The van der Waals surface area contributed by atoms with Gasteiger partial charge in [0.05, 0.1) is 10.6 Å². The van der Waals surface area contributed by atoms with Crippen LogP contribution in [0.2, 0.25) is 0 Å². The van der Waals surface area contributed by atoms with Crippen LogP contribution in [0.3, 0.4) is 0 Å². The fraction of sp³-hybridized carbons (Fsp3) is 0.556. The zero-order valence-electron chi connectivity index (χ0n) is 15.3. The molecule has 0 amide bonds. The van der Waals surface area contributed by atoms with Crippen LogP contribution in [0.5, 0.6) is 0 Å². The van der Waals surface area contributed by atoms with Crippen molar-refractivity contribution < 1.29 is 4.52 Å². The minimum atomic E-state index is -0.0143. The summed E-state index contributed by atoms with van der Waals surface area (Å²) >= 11 is 3.28. The number of aromatic nitrogens is 4. The van der Waals surface area contributed by atoms with Crippen molar-refractivity contribution >= 4 is 39.1 Å². The van der Waals surface area contributed by atoms with E-state index >= 15 is 0 Å². The van der Waals surface area contributed by atoms with Crippen LogP contribution in [0.25, 0.3) is 10.2 Å². The van der Waals surface area contributed by atoms with E-state index in [1.54, 1.807) is 11.3 Å². The van der Waals surface area contributed by atoms with Crippen LogP contribution in [0.4, 0.5) is 5.82 Å². The third-order valence-corrected chi connectivity index (χ3v) is 6.85. The lowest BCUT2D eigenvalue weighted by Gasteiger charge is -2.17. The molecule has 2 N–H and O–H groups in total. The molecule has 4 rings (SSSR count). The van der Waals surface area contributed by atoms with Crippen molar-refractivity contribution in [2.45, 2.75) is 63.3 Å². The Morgan fingerprint density at radius 2 is 2.19 bits per heavy atom. The molecule has 0 radical (unpaired) electrons. The maximum Gasteiger partial charge on any atom is 0.239 e. The maximum atomic E-state index is 6.31. The number of thioether (sulfide) groups is 1. The van der Waals surface area contributed by atoms with E-state index in [0.29, 0.717) is 16.9 Å². The van der Waals surface area contributed by atoms with Gasteiger partial charge < -0.3 is 10.3 Å². The molecule has 0 saturated carbocycles. The maximum absolute atomic E-state index is 6.31. The highest BCUT2D eigenvalue weighted by molar-refractivity contribution is 7.99. The molecule has 3 aromatic heterocycles. The van der Waals surface area contributed by atoms with Crippen molar-refractivity contribution in [1.82, 2.24) is 20.1 Å². The number of hydrogen-bond acceptors (Lipinski definition) is 8. The summed E-state index contributed by atoms with van der Waals surface area (Å²) in [5.74, 6) is 2.69. The number of nitrogens with two attached hydrogens (primary N) is 1. The van der Waals surface area contributed by atoms with Crippen LogP contribution in [0, 0.1) is 5.92 Å². The lowest BCUT2D eigenvalue weighted by atomic mass is 9.89. The normalized spacial score (nSPS) is 18.2. The number of nitrogens with zero attached hydrogens (tertiary/aromatic N) is 4. The van der Waals surface area contributed by atoms with Gasteiger partial charge in [0.25, 0.3) is 0 Å². The first kappa shape index (κ1) is 17.7. The van der Waals surface area contributed by atoms with Crippen molar-refractivity contribution in [2.75, 3.05) is 5.73 Å². The van der Waals surface area contributed by atoms with E-state index in [9.17, 15) is 0 Å². The van der Waals surface area contributed by atoms with E-state index in [4.69, 9.17) is 15.2 Å². The summed E-state index contributed by atoms with van der Waals surface area (Å²) in [6.07, 6.45) is 5.24. The Labute approximate surface area is 161 Å². The second-order valence-corrected chi connectivity index (χ2v) is 9.37. The summed E-state index contributed by atoms with van der Waals surface area (Å²) in [5, 5.41) is 5.75. The Balaban J connectivity index is 1.60. The van der Waals surface area contributed by atoms with Gasteiger partial charge in [-0.25, -0.2) is 9.97 Å². The van der Waals surface area contributed by atoms with E-state index in [-0.39, 0.29) is 5.25 Å². The van der Waals surface area contributed by atoms with E-state index < -0.39 is 0 Å². The second kappa shape index (κ2) is 7.15. The highest BCUT2D eigenvalue weighted by Crippen LogP contribution is 2.41. The number of aryl methyl sites for hydroxylation is 2. The first-order valence-electron chi connectivity index (χ1n) is 9.12. The minimum Gasteiger partial charge on any atom is -0.383 e. The zero-order valence-corrected chi connectivity index (χ0v) is 16.9. The number of anilines is 1. The molecule has 0 aliphatic heterocycles. The molecule has 2 atom stereocenters. The molecule has 0 fully saturated rings. The summed E-state index contributed by atoms with van der Waals surface area (Å²) in [4.78, 5) is 16.2. The summed E-state index contributed by atoms with van der Waals surface area (Å²) in [6.45, 7) is 6.43. The summed E-state index contributed by atoms with van der Waals surface area (Å²) in [7, 11) is 0. The van der Waals surface area contributed by atoms with Crippen molar-refractivity contribution in [3.05, 3.63) is 22.2 Å². The van der Waals surface area contributed by atoms with Gasteiger partial charge >= 0.3 is 0 Å². The molecule has 1 aliphatic carbocycles. The van der Waals surface area contributed by atoms with E-state index in [1.807, 2.05) is 6.92 Å². The Kier molecular flexibility index (Phi) is 4.88. The fourth-order valence-corrected chi connectivity index (χ4v) is 5.63.